The molecular formula is C23H30N2O3S. The number of amides is 1. The minimum Gasteiger partial charge on any atom is -0.341 e. The number of rotatable bonds is 6. The van der Waals surface area contributed by atoms with E-state index in [0.29, 0.717) is 5.69 Å². The van der Waals surface area contributed by atoms with Gasteiger partial charge in [-0.1, -0.05) is 42.7 Å². The van der Waals surface area contributed by atoms with Crippen LogP contribution in [0.25, 0.3) is 0 Å². The largest absolute Gasteiger partial charge is 0.341 e. The van der Waals surface area contributed by atoms with Gasteiger partial charge in [-0.3, -0.25) is 9.10 Å². The highest BCUT2D eigenvalue weighted by atomic mass is 32.2. The van der Waals surface area contributed by atoms with Crippen LogP contribution in [-0.4, -0.2) is 38.9 Å². The van der Waals surface area contributed by atoms with Crippen molar-refractivity contribution in [2.45, 2.75) is 57.4 Å². The molecular weight excluding hydrogens is 384 g/mol. The summed E-state index contributed by atoms with van der Waals surface area (Å²) in [5.41, 5.74) is 3.31. The lowest BCUT2D eigenvalue weighted by atomic mass is 10.1. The van der Waals surface area contributed by atoms with Crippen molar-refractivity contribution in [3.63, 3.8) is 0 Å². The third-order valence-electron chi connectivity index (χ3n) is 5.79. The van der Waals surface area contributed by atoms with Gasteiger partial charge in [0, 0.05) is 13.1 Å². The molecule has 0 saturated heterocycles. The van der Waals surface area contributed by atoms with Gasteiger partial charge in [-0.2, -0.15) is 0 Å². The molecule has 29 heavy (non-hydrogen) atoms. The Morgan fingerprint density at radius 3 is 2.17 bits per heavy atom. The SMILES string of the molecule is Cc1ccc(S(=O)(=O)N(CC(=O)N(C)C2CCCC2)c2cc(C)ccc2C)cc1. The van der Waals surface area contributed by atoms with Crippen LogP contribution in [0.5, 0.6) is 0 Å². The van der Waals surface area contributed by atoms with Crippen LogP contribution >= 0.6 is 0 Å². The Bertz CT molecular complexity index is 978. The quantitative estimate of drug-likeness (QED) is 0.711. The predicted octanol–water partition coefficient (Wildman–Crippen LogP) is 4.21. The van der Waals surface area contributed by atoms with Crippen LogP contribution in [0.1, 0.15) is 42.4 Å². The number of benzene rings is 2. The summed E-state index contributed by atoms with van der Waals surface area (Å²) < 4.78 is 28.4. The molecule has 0 heterocycles. The number of aryl methyl sites for hydroxylation is 3. The van der Waals surface area contributed by atoms with Crippen LogP contribution in [0, 0.1) is 20.8 Å². The zero-order chi connectivity index (χ0) is 21.2. The van der Waals surface area contributed by atoms with Gasteiger partial charge >= 0.3 is 0 Å². The minimum absolute atomic E-state index is 0.173. The van der Waals surface area contributed by atoms with E-state index in [0.717, 1.165) is 42.4 Å². The molecule has 0 N–H and O–H groups in total. The number of hydrogen-bond acceptors (Lipinski definition) is 3. The number of nitrogens with zero attached hydrogens (tertiary/aromatic N) is 2. The Kier molecular flexibility index (Phi) is 6.32. The van der Waals surface area contributed by atoms with Gasteiger partial charge in [0.1, 0.15) is 6.54 Å². The monoisotopic (exact) mass is 414 g/mol. The Morgan fingerprint density at radius 2 is 1.55 bits per heavy atom. The van der Waals surface area contributed by atoms with Crippen molar-refractivity contribution in [3.8, 4) is 0 Å². The maximum atomic E-state index is 13.5. The van der Waals surface area contributed by atoms with Crippen molar-refractivity contribution in [2.24, 2.45) is 0 Å². The summed E-state index contributed by atoms with van der Waals surface area (Å²) in [4.78, 5) is 15.0. The number of anilines is 1. The Morgan fingerprint density at radius 1 is 0.966 bits per heavy atom. The molecule has 0 aliphatic heterocycles. The molecule has 5 nitrogen and oxygen atoms in total. The summed E-state index contributed by atoms with van der Waals surface area (Å²) in [5, 5.41) is 0. The summed E-state index contributed by atoms with van der Waals surface area (Å²) in [7, 11) is -2.09. The van der Waals surface area contributed by atoms with Gasteiger partial charge in [0.15, 0.2) is 0 Å². The lowest BCUT2D eigenvalue weighted by molar-refractivity contribution is -0.130. The van der Waals surface area contributed by atoms with Crippen molar-refractivity contribution >= 4 is 21.6 Å². The molecule has 0 aromatic heterocycles. The van der Waals surface area contributed by atoms with Crippen LogP contribution in [0.15, 0.2) is 47.4 Å². The van der Waals surface area contributed by atoms with Gasteiger partial charge in [0.2, 0.25) is 5.91 Å². The molecule has 1 amide bonds. The van der Waals surface area contributed by atoms with E-state index in [-0.39, 0.29) is 23.4 Å². The fraction of sp³-hybridized carbons (Fsp3) is 0.435. The highest BCUT2D eigenvalue weighted by Crippen LogP contribution is 2.29. The zero-order valence-electron chi connectivity index (χ0n) is 17.7. The number of carbonyl (C=O) groups excluding carboxylic acids is 1. The Labute approximate surface area is 174 Å². The van der Waals surface area contributed by atoms with Gasteiger partial charge in [0.05, 0.1) is 10.6 Å². The lowest BCUT2D eigenvalue weighted by Gasteiger charge is -2.30. The molecule has 6 heteroatoms. The highest BCUT2D eigenvalue weighted by molar-refractivity contribution is 7.92. The molecule has 0 unspecified atom stereocenters. The third kappa shape index (κ3) is 4.64. The normalized spacial score (nSPS) is 14.8. The molecule has 1 aliphatic rings. The first kappa shape index (κ1) is 21.4. The van der Waals surface area contributed by atoms with E-state index in [1.165, 1.54) is 4.31 Å². The second-order valence-electron chi connectivity index (χ2n) is 8.06. The number of likely N-dealkylation sites (N-methyl/N-ethyl adjacent to an activating group) is 1. The van der Waals surface area contributed by atoms with E-state index in [1.54, 1.807) is 36.2 Å². The van der Waals surface area contributed by atoms with E-state index in [2.05, 4.69) is 0 Å². The molecule has 1 aliphatic carbocycles. The zero-order valence-corrected chi connectivity index (χ0v) is 18.5. The predicted molar refractivity (Wildman–Crippen MR) is 117 cm³/mol. The molecule has 0 spiro atoms. The molecule has 0 radical (unpaired) electrons. The lowest BCUT2D eigenvalue weighted by Crippen LogP contribution is -2.44. The average Bonchev–Trinajstić information content (AvgIpc) is 3.22. The van der Waals surface area contributed by atoms with E-state index < -0.39 is 10.0 Å². The van der Waals surface area contributed by atoms with E-state index in [4.69, 9.17) is 0 Å². The van der Waals surface area contributed by atoms with E-state index in [9.17, 15) is 13.2 Å². The van der Waals surface area contributed by atoms with E-state index in [1.807, 2.05) is 39.0 Å². The van der Waals surface area contributed by atoms with Crippen molar-refractivity contribution in [2.75, 3.05) is 17.9 Å². The van der Waals surface area contributed by atoms with Crippen LogP contribution < -0.4 is 4.31 Å². The Hall–Kier alpha value is -2.34. The van der Waals surface area contributed by atoms with E-state index >= 15 is 0 Å². The van der Waals surface area contributed by atoms with Gasteiger partial charge in [-0.25, -0.2) is 8.42 Å². The minimum atomic E-state index is -3.88. The molecule has 156 valence electrons. The molecule has 0 bridgehead atoms. The molecule has 1 saturated carbocycles. The molecule has 0 atom stereocenters. The van der Waals surface area contributed by atoms with Crippen LogP contribution in [-0.2, 0) is 14.8 Å². The van der Waals surface area contributed by atoms with Gasteiger partial charge in [-0.05, 0) is 62.9 Å². The first-order valence-electron chi connectivity index (χ1n) is 10.1. The number of carbonyl (C=O) groups is 1. The average molecular weight is 415 g/mol. The van der Waals surface area contributed by atoms with Crippen molar-refractivity contribution in [1.29, 1.82) is 0 Å². The van der Waals surface area contributed by atoms with Crippen LogP contribution in [0.2, 0.25) is 0 Å². The first-order chi connectivity index (χ1) is 13.7. The summed E-state index contributed by atoms with van der Waals surface area (Å²) in [6, 6.07) is 12.6. The summed E-state index contributed by atoms with van der Waals surface area (Å²) >= 11 is 0. The maximum Gasteiger partial charge on any atom is 0.264 e. The van der Waals surface area contributed by atoms with Gasteiger partial charge < -0.3 is 4.90 Å². The maximum absolute atomic E-state index is 13.5. The fourth-order valence-corrected chi connectivity index (χ4v) is 5.33. The molecule has 3 rings (SSSR count). The second kappa shape index (κ2) is 8.57. The fourth-order valence-electron chi connectivity index (χ4n) is 3.85. The molecule has 2 aromatic carbocycles. The molecule has 1 fully saturated rings. The second-order valence-corrected chi connectivity index (χ2v) is 9.92. The van der Waals surface area contributed by atoms with Crippen LogP contribution in [0.3, 0.4) is 0 Å². The van der Waals surface area contributed by atoms with Crippen molar-refractivity contribution < 1.29 is 13.2 Å². The summed E-state index contributed by atoms with van der Waals surface area (Å²) in [6.45, 7) is 5.51. The van der Waals surface area contributed by atoms with Gasteiger partial charge in [-0.15, -0.1) is 0 Å². The number of sulfonamides is 1. The highest BCUT2D eigenvalue weighted by Gasteiger charge is 2.31. The van der Waals surface area contributed by atoms with Crippen molar-refractivity contribution in [3.05, 3.63) is 59.2 Å². The summed E-state index contributed by atoms with van der Waals surface area (Å²) in [6.07, 6.45) is 4.20. The third-order valence-corrected chi connectivity index (χ3v) is 7.56. The first-order valence-corrected chi connectivity index (χ1v) is 11.6. The smallest absolute Gasteiger partial charge is 0.264 e. The molecule has 2 aromatic rings. The number of hydrogen-bond donors (Lipinski definition) is 0. The van der Waals surface area contributed by atoms with Crippen molar-refractivity contribution in [1.82, 2.24) is 4.90 Å². The topological polar surface area (TPSA) is 57.7 Å². The summed E-state index contributed by atoms with van der Waals surface area (Å²) in [5.74, 6) is -0.173. The standard InChI is InChI=1S/C23H30N2O3S/c1-17-10-13-21(14-11-17)29(27,28)25(22-15-18(2)9-12-19(22)3)16-23(26)24(4)20-7-5-6-8-20/h9-15,20H,5-8,16H2,1-4H3. The Balaban J connectivity index is 2.00. The van der Waals surface area contributed by atoms with Crippen LogP contribution in [0.4, 0.5) is 5.69 Å². The van der Waals surface area contributed by atoms with Gasteiger partial charge in [0.25, 0.3) is 10.0 Å².